The molecule has 0 unspecified atom stereocenters. The molecule has 5 nitrogen and oxygen atoms in total. The average molecular weight is 336 g/mol. The Balaban J connectivity index is 2.19. The molecule has 0 aliphatic heterocycles. The number of methoxy groups -OCH3 is 2. The highest BCUT2D eigenvalue weighted by Gasteiger charge is 2.15. The fraction of sp³-hybridized carbons (Fsp3) is 0.200. The first-order valence-electron chi connectivity index (χ1n) is 7.93. The Morgan fingerprint density at radius 2 is 1.76 bits per heavy atom. The summed E-state index contributed by atoms with van der Waals surface area (Å²) >= 11 is 0. The second-order valence-corrected chi connectivity index (χ2v) is 5.90. The third-order valence-electron chi connectivity index (χ3n) is 3.92. The second kappa shape index (κ2) is 6.81. The average Bonchev–Trinajstić information content (AvgIpc) is 2.59. The normalized spacial score (nSPS) is 10.6. The van der Waals surface area contributed by atoms with E-state index in [2.05, 4.69) is 28.5 Å². The molecule has 0 aliphatic rings. The van der Waals surface area contributed by atoms with E-state index in [1.54, 1.807) is 13.2 Å². The highest BCUT2D eigenvalue weighted by Crippen LogP contribution is 2.32. The van der Waals surface area contributed by atoms with Crippen LogP contribution in [0.4, 0.5) is 11.4 Å². The van der Waals surface area contributed by atoms with Gasteiger partial charge in [-0.05, 0) is 49.2 Å². The van der Waals surface area contributed by atoms with Crippen molar-refractivity contribution in [1.82, 2.24) is 4.98 Å². The van der Waals surface area contributed by atoms with Crippen LogP contribution < -0.4 is 10.1 Å². The molecule has 0 atom stereocenters. The molecular weight excluding hydrogens is 316 g/mol. The summed E-state index contributed by atoms with van der Waals surface area (Å²) in [4.78, 5) is 16.4. The number of hydrogen-bond donors (Lipinski definition) is 1. The third kappa shape index (κ3) is 3.40. The minimum atomic E-state index is -0.490. The van der Waals surface area contributed by atoms with Gasteiger partial charge in [-0.1, -0.05) is 18.2 Å². The fourth-order valence-corrected chi connectivity index (χ4v) is 2.90. The molecule has 1 heterocycles. The number of fused-ring (bicyclic) bond motifs is 1. The maximum atomic E-state index is 12.0. The molecule has 0 bridgehead atoms. The molecule has 0 radical (unpaired) electrons. The van der Waals surface area contributed by atoms with Crippen molar-refractivity contribution in [2.75, 3.05) is 19.5 Å². The van der Waals surface area contributed by atoms with Crippen LogP contribution in [0.25, 0.3) is 10.9 Å². The summed E-state index contributed by atoms with van der Waals surface area (Å²) in [6.07, 6.45) is 0. The Morgan fingerprint density at radius 3 is 2.40 bits per heavy atom. The minimum Gasteiger partial charge on any atom is -0.494 e. The van der Waals surface area contributed by atoms with Crippen LogP contribution in [0.15, 0.2) is 42.5 Å². The van der Waals surface area contributed by atoms with Gasteiger partial charge >= 0.3 is 5.97 Å². The van der Waals surface area contributed by atoms with Crippen LogP contribution in [-0.4, -0.2) is 25.2 Å². The predicted octanol–water partition coefficient (Wildman–Crippen LogP) is 4.39. The zero-order valence-electron chi connectivity index (χ0n) is 14.7. The summed E-state index contributed by atoms with van der Waals surface area (Å²) in [5.74, 6) is 0.114. The number of esters is 1. The Kier molecular flexibility index (Phi) is 4.57. The fourth-order valence-electron chi connectivity index (χ4n) is 2.90. The molecule has 0 saturated carbocycles. The van der Waals surface area contributed by atoms with Crippen LogP contribution in [-0.2, 0) is 4.74 Å². The van der Waals surface area contributed by atoms with E-state index in [1.807, 2.05) is 32.0 Å². The van der Waals surface area contributed by atoms with Crippen LogP contribution in [0.1, 0.15) is 21.6 Å². The van der Waals surface area contributed by atoms with Gasteiger partial charge in [-0.3, -0.25) is 0 Å². The van der Waals surface area contributed by atoms with Gasteiger partial charge in [0.1, 0.15) is 11.3 Å². The van der Waals surface area contributed by atoms with Gasteiger partial charge in [0.25, 0.3) is 0 Å². The van der Waals surface area contributed by atoms with Gasteiger partial charge in [-0.25, -0.2) is 9.78 Å². The molecule has 5 heteroatoms. The van der Waals surface area contributed by atoms with E-state index >= 15 is 0 Å². The number of anilines is 2. The number of ether oxygens (including phenoxy) is 2. The summed E-state index contributed by atoms with van der Waals surface area (Å²) in [6, 6.07) is 13.6. The first-order valence-corrected chi connectivity index (χ1v) is 7.93. The van der Waals surface area contributed by atoms with E-state index < -0.39 is 5.97 Å². The number of nitrogens with one attached hydrogen (secondary N) is 1. The molecule has 1 aromatic heterocycles. The van der Waals surface area contributed by atoms with Crippen molar-refractivity contribution < 1.29 is 14.3 Å². The lowest BCUT2D eigenvalue weighted by Crippen LogP contribution is -2.06. The summed E-state index contributed by atoms with van der Waals surface area (Å²) < 4.78 is 10.2. The molecular formula is C20H20N2O3. The molecule has 3 aromatic rings. The number of carbonyl (C=O) groups is 1. The highest BCUT2D eigenvalue weighted by molar-refractivity contribution is 6.01. The van der Waals surface area contributed by atoms with Gasteiger partial charge in [0.05, 0.1) is 19.9 Å². The van der Waals surface area contributed by atoms with E-state index in [0.29, 0.717) is 11.3 Å². The van der Waals surface area contributed by atoms with Crippen molar-refractivity contribution in [2.45, 2.75) is 13.8 Å². The predicted molar refractivity (Wildman–Crippen MR) is 98.8 cm³/mol. The first kappa shape index (κ1) is 16.8. The molecule has 0 fully saturated rings. The molecule has 0 spiro atoms. The number of nitrogens with zero attached hydrogens (tertiary/aromatic N) is 1. The monoisotopic (exact) mass is 336 g/mol. The number of aryl methyl sites for hydroxylation is 2. The van der Waals surface area contributed by atoms with E-state index in [9.17, 15) is 4.79 Å². The van der Waals surface area contributed by atoms with E-state index in [1.165, 1.54) is 7.11 Å². The van der Waals surface area contributed by atoms with Gasteiger partial charge in [0.15, 0.2) is 5.69 Å². The zero-order valence-corrected chi connectivity index (χ0v) is 14.7. The molecule has 1 N–H and O–H groups in total. The lowest BCUT2D eigenvalue weighted by atomic mass is 10.1. The van der Waals surface area contributed by atoms with Crippen LogP contribution in [0.3, 0.4) is 0 Å². The van der Waals surface area contributed by atoms with Crippen LogP contribution in [0.2, 0.25) is 0 Å². The second-order valence-electron chi connectivity index (χ2n) is 5.90. The minimum absolute atomic E-state index is 0.228. The van der Waals surface area contributed by atoms with Crippen LogP contribution >= 0.6 is 0 Å². The smallest absolute Gasteiger partial charge is 0.356 e. The standard InChI is InChI=1S/C20H20N2O3/c1-12-8-13(2)10-14(9-12)21-16-11-17(20(23)25-4)22-19-15(16)6-5-7-18(19)24-3/h5-11H,1-4H3,(H,21,22). The van der Waals surface area contributed by atoms with E-state index in [-0.39, 0.29) is 5.69 Å². The topological polar surface area (TPSA) is 60.5 Å². The van der Waals surface area contributed by atoms with Gasteiger partial charge < -0.3 is 14.8 Å². The van der Waals surface area contributed by atoms with E-state index in [4.69, 9.17) is 9.47 Å². The van der Waals surface area contributed by atoms with Crippen molar-refractivity contribution in [1.29, 1.82) is 0 Å². The lowest BCUT2D eigenvalue weighted by molar-refractivity contribution is 0.0594. The summed E-state index contributed by atoms with van der Waals surface area (Å²) in [6.45, 7) is 4.09. The van der Waals surface area contributed by atoms with Gasteiger partial charge in [0.2, 0.25) is 0 Å². The summed E-state index contributed by atoms with van der Waals surface area (Å²) in [5.41, 5.74) is 4.88. The first-order chi connectivity index (χ1) is 12.0. The van der Waals surface area contributed by atoms with Crippen molar-refractivity contribution in [3.05, 3.63) is 59.3 Å². The maximum absolute atomic E-state index is 12.0. The van der Waals surface area contributed by atoms with Crippen molar-refractivity contribution in [2.24, 2.45) is 0 Å². The number of carbonyl (C=O) groups excluding carboxylic acids is 1. The highest BCUT2D eigenvalue weighted by atomic mass is 16.5. The molecule has 0 amide bonds. The molecule has 128 valence electrons. The van der Waals surface area contributed by atoms with Gasteiger partial charge in [0, 0.05) is 11.1 Å². The SMILES string of the molecule is COC(=O)c1cc(Nc2cc(C)cc(C)c2)c2cccc(OC)c2n1. The summed E-state index contributed by atoms with van der Waals surface area (Å²) in [7, 11) is 2.92. The Bertz CT molecular complexity index is 931. The Morgan fingerprint density at radius 1 is 1.04 bits per heavy atom. The van der Waals surface area contributed by atoms with Crippen molar-refractivity contribution in [3.63, 3.8) is 0 Å². The number of aromatic nitrogens is 1. The lowest BCUT2D eigenvalue weighted by Gasteiger charge is -2.14. The zero-order chi connectivity index (χ0) is 18.0. The number of benzene rings is 2. The quantitative estimate of drug-likeness (QED) is 0.716. The van der Waals surface area contributed by atoms with Gasteiger partial charge in [-0.2, -0.15) is 0 Å². The summed E-state index contributed by atoms with van der Waals surface area (Å²) in [5, 5.41) is 4.26. The largest absolute Gasteiger partial charge is 0.494 e. The molecule has 0 saturated heterocycles. The maximum Gasteiger partial charge on any atom is 0.356 e. The number of hydrogen-bond acceptors (Lipinski definition) is 5. The molecule has 25 heavy (non-hydrogen) atoms. The van der Waals surface area contributed by atoms with Crippen LogP contribution in [0, 0.1) is 13.8 Å². The Labute approximate surface area is 146 Å². The van der Waals surface area contributed by atoms with E-state index in [0.717, 1.165) is 27.9 Å². The molecule has 2 aromatic carbocycles. The number of para-hydroxylation sites is 1. The van der Waals surface area contributed by atoms with Gasteiger partial charge in [-0.15, -0.1) is 0 Å². The van der Waals surface area contributed by atoms with Crippen LogP contribution in [0.5, 0.6) is 5.75 Å². The van der Waals surface area contributed by atoms with Crippen molar-refractivity contribution >= 4 is 28.2 Å². The Hall–Kier alpha value is -3.08. The number of pyridine rings is 1. The molecule has 0 aliphatic carbocycles. The number of rotatable bonds is 4. The van der Waals surface area contributed by atoms with Crippen molar-refractivity contribution in [3.8, 4) is 5.75 Å². The molecule has 3 rings (SSSR count). The third-order valence-corrected chi connectivity index (χ3v) is 3.92.